The molecule has 0 radical (unpaired) electrons. The van der Waals surface area contributed by atoms with Gasteiger partial charge in [-0.1, -0.05) is 0 Å². The Labute approximate surface area is 137 Å². The van der Waals surface area contributed by atoms with Gasteiger partial charge in [-0.15, -0.1) is 0 Å². The van der Waals surface area contributed by atoms with Gasteiger partial charge in [0.25, 0.3) is 5.56 Å². The number of nitrogens with zero attached hydrogens (tertiary/aromatic N) is 2. The molecule has 1 aromatic heterocycles. The third-order valence-corrected chi connectivity index (χ3v) is 4.57. The number of likely N-dealkylation sites (tertiary alicyclic amines) is 1. The van der Waals surface area contributed by atoms with E-state index in [2.05, 4.69) is 15.9 Å². The topological polar surface area (TPSA) is 60.8 Å². The zero-order chi connectivity index (χ0) is 15.5. The number of hydrogen-bond acceptors (Lipinski definition) is 4. The minimum atomic E-state index is -0.191. The number of halogens is 1. The van der Waals surface area contributed by atoms with Crippen LogP contribution in [0, 0.1) is 5.92 Å². The van der Waals surface area contributed by atoms with Gasteiger partial charge in [0.05, 0.1) is 13.2 Å². The highest BCUT2D eigenvalue weighted by molar-refractivity contribution is 9.10. The zero-order valence-corrected chi connectivity index (χ0v) is 13.8. The maximum atomic E-state index is 12.5. The standard InChI is InChI=1S/C15H19BrN2O4/c16-12-3-4-13(19)18(9-12)10-14(20)17-5-1-2-11(8-17)15-21-6-7-22-15/h3-4,9,11,15H,1-2,5-8,10H2. The zero-order valence-electron chi connectivity index (χ0n) is 12.2. The van der Waals surface area contributed by atoms with Gasteiger partial charge in [0.2, 0.25) is 5.91 Å². The lowest BCUT2D eigenvalue weighted by Gasteiger charge is -2.34. The van der Waals surface area contributed by atoms with Crippen LogP contribution in [-0.2, 0) is 20.8 Å². The van der Waals surface area contributed by atoms with Crippen LogP contribution in [0.1, 0.15) is 12.8 Å². The number of carbonyl (C=O) groups is 1. The second kappa shape index (κ2) is 6.93. The number of rotatable bonds is 3. The van der Waals surface area contributed by atoms with Gasteiger partial charge in [-0.2, -0.15) is 0 Å². The van der Waals surface area contributed by atoms with E-state index in [4.69, 9.17) is 9.47 Å². The SMILES string of the molecule is O=C(Cn1cc(Br)ccc1=O)N1CCCC(C2OCCO2)C1. The number of aromatic nitrogens is 1. The number of hydrogen-bond donors (Lipinski definition) is 0. The summed E-state index contributed by atoms with van der Waals surface area (Å²) in [7, 11) is 0. The van der Waals surface area contributed by atoms with Crippen molar-refractivity contribution in [3.8, 4) is 0 Å². The molecule has 3 heterocycles. The van der Waals surface area contributed by atoms with Crippen LogP contribution in [0.5, 0.6) is 0 Å². The van der Waals surface area contributed by atoms with Crippen LogP contribution >= 0.6 is 15.9 Å². The predicted octanol–water partition coefficient (Wildman–Crippen LogP) is 1.22. The van der Waals surface area contributed by atoms with E-state index in [9.17, 15) is 9.59 Å². The van der Waals surface area contributed by atoms with Gasteiger partial charge in [0.15, 0.2) is 6.29 Å². The summed E-state index contributed by atoms with van der Waals surface area (Å²) in [6.45, 7) is 2.68. The van der Waals surface area contributed by atoms with Crippen molar-refractivity contribution in [3.05, 3.63) is 33.2 Å². The molecule has 1 unspecified atom stereocenters. The molecular formula is C15H19BrN2O4. The van der Waals surface area contributed by atoms with E-state index >= 15 is 0 Å². The lowest BCUT2D eigenvalue weighted by molar-refractivity contribution is -0.139. The first-order chi connectivity index (χ1) is 10.6. The Morgan fingerprint density at radius 1 is 1.32 bits per heavy atom. The molecule has 6 nitrogen and oxygen atoms in total. The quantitative estimate of drug-likeness (QED) is 0.802. The molecule has 22 heavy (non-hydrogen) atoms. The van der Waals surface area contributed by atoms with Gasteiger partial charge >= 0.3 is 0 Å². The molecule has 0 N–H and O–H groups in total. The first-order valence-electron chi connectivity index (χ1n) is 7.50. The minimum absolute atomic E-state index is 0.0390. The lowest BCUT2D eigenvalue weighted by atomic mass is 9.97. The first-order valence-corrected chi connectivity index (χ1v) is 8.30. The number of amides is 1. The third-order valence-electron chi connectivity index (χ3n) is 4.10. The smallest absolute Gasteiger partial charge is 0.251 e. The van der Waals surface area contributed by atoms with Gasteiger partial charge in [-0.05, 0) is 34.8 Å². The van der Waals surface area contributed by atoms with Crippen molar-refractivity contribution in [3.63, 3.8) is 0 Å². The Morgan fingerprint density at radius 3 is 2.86 bits per heavy atom. The number of carbonyl (C=O) groups excluding carboxylic acids is 1. The Balaban J connectivity index is 1.64. The van der Waals surface area contributed by atoms with Crippen LogP contribution in [0.4, 0.5) is 0 Å². The summed E-state index contributed by atoms with van der Waals surface area (Å²) in [6, 6.07) is 3.13. The highest BCUT2D eigenvalue weighted by Gasteiger charge is 2.32. The normalized spacial score (nSPS) is 23.0. The van der Waals surface area contributed by atoms with Crippen molar-refractivity contribution in [1.29, 1.82) is 0 Å². The van der Waals surface area contributed by atoms with E-state index in [1.165, 1.54) is 10.6 Å². The van der Waals surface area contributed by atoms with Crippen molar-refractivity contribution >= 4 is 21.8 Å². The summed E-state index contributed by atoms with van der Waals surface area (Å²) in [5.41, 5.74) is -0.174. The van der Waals surface area contributed by atoms with Crippen LogP contribution < -0.4 is 5.56 Å². The Morgan fingerprint density at radius 2 is 2.09 bits per heavy atom. The molecule has 2 fully saturated rings. The van der Waals surface area contributed by atoms with E-state index in [1.807, 2.05) is 4.90 Å². The molecule has 1 atom stereocenters. The van der Waals surface area contributed by atoms with E-state index in [-0.39, 0.29) is 30.2 Å². The second-order valence-electron chi connectivity index (χ2n) is 5.67. The number of piperidine rings is 1. The van der Waals surface area contributed by atoms with Crippen molar-refractivity contribution in [2.75, 3.05) is 26.3 Å². The van der Waals surface area contributed by atoms with Crippen LogP contribution in [0.3, 0.4) is 0 Å². The molecule has 1 amide bonds. The van der Waals surface area contributed by atoms with E-state index < -0.39 is 0 Å². The second-order valence-corrected chi connectivity index (χ2v) is 6.58. The van der Waals surface area contributed by atoms with E-state index in [0.29, 0.717) is 19.8 Å². The lowest BCUT2D eigenvalue weighted by Crippen LogP contribution is -2.45. The minimum Gasteiger partial charge on any atom is -0.350 e. The van der Waals surface area contributed by atoms with Gasteiger partial charge in [-0.25, -0.2) is 0 Å². The van der Waals surface area contributed by atoms with E-state index in [1.54, 1.807) is 12.3 Å². The monoisotopic (exact) mass is 370 g/mol. The van der Waals surface area contributed by atoms with Gasteiger partial charge < -0.3 is 18.9 Å². The summed E-state index contributed by atoms with van der Waals surface area (Å²) < 4.78 is 13.3. The molecule has 0 aliphatic carbocycles. The molecule has 0 saturated carbocycles. The van der Waals surface area contributed by atoms with Gasteiger partial charge in [-0.3, -0.25) is 9.59 Å². The van der Waals surface area contributed by atoms with Crippen LogP contribution in [-0.4, -0.2) is 48.0 Å². The van der Waals surface area contributed by atoms with Crippen molar-refractivity contribution in [2.24, 2.45) is 5.92 Å². The maximum Gasteiger partial charge on any atom is 0.251 e. The summed E-state index contributed by atoms with van der Waals surface area (Å²) in [5.74, 6) is 0.183. The van der Waals surface area contributed by atoms with Crippen molar-refractivity contribution in [2.45, 2.75) is 25.7 Å². The van der Waals surface area contributed by atoms with E-state index in [0.717, 1.165) is 23.9 Å². The summed E-state index contributed by atoms with van der Waals surface area (Å²) in [5, 5.41) is 0. The molecule has 0 aromatic carbocycles. The van der Waals surface area contributed by atoms with Crippen molar-refractivity contribution in [1.82, 2.24) is 9.47 Å². The highest BCUT2D eigenvalue weighted by atomic mass is 79.9. The first kappa shape index (κ1) is 15.7. The average Bonchev–Trinajstić information content (AvgIpc) is 3.05. The van der Waals surface area contributed by atoms with Crippen molar-refractivity contribution < 1.29 is 14.3 Å². The fraction of sp³-hybridized carbons (Fsp3) is 0.600. The maximum absolute atomic E-state index is 12.5. The molecule has 0 spiro atoms. The molecule has 0 bridgehead atoms. The molecule has 2 aliphatic rings. The predicted molar refractivity (Wildman–Crippen MR) is 83.4 cm³/mol. The molecule has 3 rings (SSSR count). The fourth-order valence-electron chi connectivity index (χ4n) is 2.98. The van der Waals surface area contributed by atoms with Gasteiger partial charge in [0, 0.05) is 35.7 Å². The molecule has 2 aliphatic heterocycles. The summed E-state index contributed by atoms with van der Waals surface area (Å²) in [4.78, 5) is 26.1. The Kier molecular flexibility index (Phi) is 4.95. The largest absolute Gasteiger partial charge is 0.350 e. The molecular weight excluding hydrogens is 352 g/mol. The number of ether oxygens (including phenoxy) is 2. The molecule has 1 aromatic rings. The highest BCUT2D eigenvalue weighted by Crippen LogP contribution is 2.25. The average molecular weight is 371 g/mol. The van der Waals surface area contributed by atoms with Crippen LogP contribution in [0.15, 0.2) is 27.6 Å². The Bertz CT molecular complexity index is 597. The fourth-order valence-corrected chi connectivity index (χ4v) is 3.36. The number of pyridine rings is 1. The Hall–Kier alpha value is -1.18. The third kappa shape index (κ3) is 3.59. The van der Waals surface area contributed by atoms with Crippen LogP contribution in [0.2, 0.25) is 0 Å². The van der Waals surface area contributed by atoms with Crippen LogP contribution in [0.25, 0.3) is 0 Å². The van der Waals surface area contributed by atoms with Gasteiger partial charge in [0.1, 0.15) is 6.54 Å². The summed E-state index contributed by atoms with van der Waals surface area (Å²) >= 11 is 3.32. The summed E-state index contributed by atoms with van der Waals surface area (Å²) in [6.07, 6.45) is 3.40. The molecule has 7 heteroatoms. The molecule has 2 saturated heterocycles. The molecule has 120 valence electrons.